The molecule has 19 heavy (non-hydrogen) atoms. The van der Waals surface area contributed by atoms with Crippen LogP contribution in [0.25, 0.3) is 22.2 Å². The van der Waals surface area contributed by atoms with E-state index < -0.39 is 0 Å². The van der Waals surface area contributed by atoms with Gasteiger partial charge < -0.3 is 9.73 Å². The summed E-state index contributed by atoms with van der Waals surface area (Å²) in [5, 5.41) is 12.5. The minimum Gasteiger partial charge on any atom is -0.431 e. The van der Waals surface area contributed by atoms with Crippen molar-refractivity contribution in [3.63, 3.8) is 0 Å². The van der Waals surface area contributed by atoms with Crippen LogP contribution in [0.2, 0.25) is 0 Å². The van der Waals surface area contributed by atoms with Gasteiger partial charge in [0.05, 0.1) is 11.1 Å². The highest BCUT2D eigenvalue weighted by Gasteiger charge is 2.24. The van der Waals surface area contributed by atoms with E-state index in [-0.39, 0.29) is 0 Å². The van der Waals surface area contributed by atoms with Gasteiger partial charge in [-0.3, -0.25) is 0 Å². The molecule has 0 atom stereocenters. The Morgan fingerprint density at radius 3 is 2.84 bits per heavy atom. The Kier molecular flexibility index (Phi) is 2.04. The largest absolute Gasteiger partial charge is 0.431 e. The highest BCUT2D eigenvalue weighted by Crippen LogP contribution is 2.33. The third kappa shape index (κ3) is 1.56. The number of rotatable bonds is 2. The fourth-order valence-electron chi connectivity index (χ4n) is 2.21. The van der Waals surface area contributed by atoms with E-state index in [4.69, 9.17) is 4.42 Å². The zero-order valence-corrected chi connectivity index (χ0v) is 10.8. The maximum Gasteiger partial charge on any atom is 0.249 e. The molecule has 0 aromatic carbocycles. The lowest BCUT2D eigenvalue weighted by molar-refractivity contribution is 0.642. The standard InChI is InChI=1S/C13H13N5O/c1-6-7(2)17-18-13-9(6)10-11(19-13)12(15-5-14-10)16-8-3-4-8/h5,8H,3-4H2,1-2H3,(H,14,15,16). The van der Waals surface area contributed by atoms with Gasteiger partial charge >= 0.3 is 0 Å². The van der Waals surface area contributed by atoms with Gasteiger partial charge in [0.25, 0.3) is 0 Å². The first-order valence-electron chi connectivity index (χ1n) is 6.37. The van der Waals surface area contributed by atoms with Crippen LogP contribution in [0.4, 0.5) is 5.82 Å². The van der Waals surface area contributed by atoms with E-state index in [1.807, 2.05) is 13.8 Å². The Balaban J connectivity index is 2.04. The van der Waals surface area contributed by atoms with Crippen LogP contribution in [-0.2, 0) is 0 Å². The van der Waals surface area contributed by atoms with Crippen LogP contribution in [0, 0.1) is 13.8 Å². The van der Waals surface area contributed by atoms with Gasteiger partial charge in [-0.15, -0.1) is 5.10 Å². The van der Waals surface area contributed by atoms with Crippen LogP contribution in [0.15, 0.2) is 10.7 Å². The fraction of sp³-hybridized carbons (Fsp3) is 0.385. The van der Waals surface area contributed by atoms with Crippen molar-refractivity contribution in [1.29, 1.82) is 0 Å². The van der Waals surface area contributed by atoms with Gasteiger partial charge in [0.2, 0.25) is 5.71 Å². The number of nitrogens with one attached hydrogen (secondary N) is 1. The van der Waals surface area contributed by atoms with Crippen LogP contribution in [0.3, 0.4) is 0 Å². The zero-order chi connectivity index (χ0) is 13.0. The van der Waals surface area contributed by atoms with Gasteiger partial charge in [-0.05, 0) is 32.3 Å². The van der Waals surface area contributed by atoms with Crippen LogP contribution < -0.4 is 5.32 Å². The molecule has 0 spiro atoms. The quantitative estimate of drug-likeness (QED) is 0.757. The van der Waals surface area contributed by atoms with Crippen LogP contribution in [0.1, 0.15) is 24.1 Å². The van der Waals surface area contributed by atoms with E-state index in [0.717, 1.165) is 28.0 Å². The summed E-state index contributed by atoms with van der Waals surface area (Å²) in [6, 6.07) is 0.514. The number of fused-ring (bicyclic) bond motifs is 3. The molecule has 3 aromatic heterocycles. The molecule has 96 valence electrons. The predicted octanol–water partition coefficient (Wildman–Crippen LogP) is 2.36. The number of hydrogen-bond donors (Lipinski definition) is 1. The Morgan fingerprint density at radius 1 is 1.21 bits per heavy atom. The molecule has 3 heterocycles. The third-order valence-corrected chi connectivity index (χ3v) is 3.58. The highest BCUT2D eigenvalue weighted by atomic mass is 16.3. The lowest BCUT2D eigenvalue weighted by Crippen LogP contribution is -2.03. The Morgan fingerprint density at radius 2 is 2.05 bits per heavy atom. The van der Waals surface area contributed by atoms with Crippen molar-refractivity contribution in [2.75, 3.05) is 5.32 Å². The number of furan rings is 1. The number of nitrogens with zero attached hydrogens (tertiary/aromatic N) is 4. The summed E-state index contributed by atoms with van der Waals surface area (Å²) in [6.07, 6.45) is 3.94. The topological polar surface area (TPSA) is 76.7 Å². The molecule has 1 aliphatic rings. The second kappa shape index (κ2) is 3.63. The highest BCUT2D eigenvalue weighted by molar-refractivity contribution is 6.05. The summed E-state index contributed by atoms with van der Waals surface area (Å²) in [4.78, 5) is 8.62. The SMILES string of the molecule is Cc1nnc2oc3c(NC4CC4)ncnc3c2c1C. The number of anilines is 1. The lowest BCUT2D eigenvalue weighted by atomic mass is 10.1. The molecule has 4 rings (SSSR count). The summed E-state index contributed by atoms with van der Waals surface area (Å²) in [5.74, 6) is 0.752. The second-order valence-corrected chi connectivity index (χ2v) is 5.01. The predicted molar refractivity (Wildman–Crippen MR) is 71.0 cm³/mol. The van der Waals surface area contributed by atoms with Crippen LogP contribution in [-0.4, -0.2) is 26.2 Å². The van der Waals surface area contributed by atoms with Gasteiger partial charge in [0.1, 0.15) is 11.8 Å². The molecule has 0 aliphatic heterocycles. The van der Waals surface area contributed by atoms with Crippen molar-refractivity contribution < 1.29 is 4.42 Å². The zero-order valence-electron chi connectivity index (χ0n) is 10.8. The van der Waals surface area contributed by atoms with Crippen molar-refractivity contribution in [2.45, 2.75) is 32.7 Å². The molecule has 1 fully saturated rings. The first-order chi connectivity index (χ1) is 9.24. The Bertz CT molecular complexity index is 790. The molecular weight excluding hydrogens is 242 g/mol. The molecule has 1 saturated carbocycles. The summed E-state index contributed by atoms with van der Waals surface area (Å²) in [6.45, 7) is 3.95. The third-order valence-electron chi connectivity index (χ3n) is 3.58. The molecule has 0 radical (unpaired) electrons. The van der Waals surface area contributed by atoms with Crippen LogP contribution >= 0.6 is 0 Å². The lowest BCUT2D eigenvalue weighted by Gasteiger charge is -2.02. The van der Waals surface area contributed by atoms with Gasteiger partial charge in [-0.2, -0.15) is 5.10 Å². The molecule has 0 amide bonds. The first kappa shape index (κ1) is 10.7. The maximum absolute atomic E-state index is 5.79. The van der Waals surface area contributed by atoms with Crippen molar-refractivity contribution in [1.82, 2.24) is 20.2 Å². The van der Waals surface area contributed by atoms with Gasteiger partial charge in [-0.1, -0.05) is 0 Å². The number of hydrogen-bond acceptors (Lipinski definition) is 6. The van der Waals surface area contributed by atoms with Crippen molar-refractivity contribution in [3.05, 3.63) is 17.6 Å². The van der Waals surface area contributed by atoms with E-state index in [9.17, 15) is 0 Å². The Hall–Kier alpha value is -2.24. The van der Waals surface area contributed by atoms with Gasteiger partial charge in [0.15, 0.2) is 11.4 Å². The molecule has 3 aromatic rings. The van der Waals surface area contributed by atoms with E-state index >= 15 is 0 Å². The molecule has 1 N–H and O–H groups in total. The summed E-state index contributed by atoms with van der Waals surface area (Å²) in [7, 11) is 0. The van der Waals surface area contributed by atoms with E-state index in [1.165, 1.54) is 12.8 Å². The van der Waals surface area contributed by atoms with Crippen molar-refractivity contribution in [2.24, 2.45) is 0 Å². The van der Waals surface area contributed by atoms with E-state index in [0.29, 0.717) is 17.3 Å². The smallest absolute Gasteiger partial charge is 0.249 e. The average molecular weight is 255 g/mol. The summed E-state index contributed by atoms with van der Waals surface area (Å²) >= 11 is 0. The van der Waals surface area contributed by atoms with E-state index in [2.05, 4.69) is 25.5 Å². The molecule has 6 nitrogen and oxygen atoms in total. The minimum absolute atomic E-state index is 0.514. The maximum atomic E-state index is 5.79. The molecule has 0 unspecified atom stereocenters. The van der Waals surface area contributed by atoms with Crippen LogP contribution in [0.5, 0.6) is 0 Å². The van der Waals surface area contributed by atoms with Crippen molar-refractivity contribution in [3.8, 4) is 0 Å². The number of aryl methyl sites for hydroxylation is 2. The van der Waals surface area contributed by atoms with Gasteiger partial charge in [0, 0.05) is 6.04 Å². The fourth-order valence-corrected chi connectivity index (χ4v) is 2.21. The number of aromatic nitrogens is 4. The van der Waals surface area contributed by atoms with Gasteiger partial charge in [-0.25, -0.2) is 9.97 Å². The second-order valence-electron chi connectivity index (χ2n) is 5.01. The molecule has 0 saturated heterocycles. The van der Waals surface area contributed by atoms with Crippen molar-refractivity contribution >= 4 is 28.0 Å². The summed E-state index contributed by atoms with van der Waals surface area (Å²) < 4.78 is 5.79. The Labute approximate surface area is 109 Å². The first-order valence-corrected chi connectivity index (χ1v) is 6.37. The van der Waals surface area contributed by atoms with E-state index in [1.54, 1.807) is 6.33 Å². The minimum atomic E-state index is 0.514. The summed E-state index contributed by atoms with van der Waals surface area (Å²) in [5.41, 5.74) is 3.96. The molecule has 6 heteroatoms. The normalized spacial score (nSPS) is 15.3. The molecular formula is C13H13N5O. The average Bonchev–Trinajstić information content (AvgIpc) is 3.13. The molecule has 0 bridgehead atoms. The molecule has 1 aliphatic carbocycles. The monoisotopic (exact) mass is 255 g/mol.